The number of aryl methyl sites for hydroxylation is 1. The monoisotopic (exact) mass is 221 g/mol. The molecule has 4 nitrogen and oxygen atoms in total. The van der Waals surface area contributed by atoms with E-state index in [2.05, 4.69) is 10.4 Å². The van der Waals surface area contributed by atoms with Crippen LogP contribution in [0.3, 0.4) is 0 Å². The largest absolute Gasteiger partial charge is 0.389 e. The third kappa shape index (κ3) is 4.48. The van der Waals surface area contributed by atoms with Gasteiger partial charge in [0.25, 0.3) is 0 Å². The number of nitrogens with one attached hydrogen (secondary N) is 1. The Balaban J connectivity index is 2.37. The second-order valence-electron chi connectivity index (χ2n) is 3.04. The van der Waals surface area contributed by atoms with E-state index in [4.69, 9.17) is 0 Å². The van der Waals surface area contributed by atoms with Gasteiger partial charge in [-0.05, 0) is 0 Å². The third-order valence-corrected chi connectivity index (χ3v) is 1.62. The number of hydrogen-bond donors (Lipinski definition) is 1. The van der Waals surface area contributed by atoms with Gasteiger partial charge in [0.05, 0.1) is 6.42 Å². The number of hydrogen-bond acceptors (Lipinski definition) is 2. The molecule has 0 unspecified atom stereocenters. The molecule has 0 atom stereocenters. The summed E-state index contributed by atoms with van der Waals surface area (Å²) >= 11 is 0. The van der Waals surface area contributed by atoms with E-state index >= 15 is 0 Å². The third-order valence-electron chi connectivity index (χ3n) is 1.62. The molecule has 15 heavy (non-hydrogen) atoms. The molecule has 1 N–H and O–H groups in total. The molecule has 1 rings (SSSR count). The standard InChI is InChI=1S/C8H10F3N3O/c1-14-5-3-6(13-14)12-7(15)2-4-8(9,10)11/h3,5H,2,4H2,1H3,(H,12,13,15). The van der Waals surface area contributed by atoms with Crippen molar-refractivity contribution >= 4 is 11.7 Å². The highest BCUT2D eigenvalue weighted by molar-refractivity contribution is 5.89. The number of alkyl halides is 3. The molecule has 1 aromatic heterocycles. The first-order valence-corrected chi connectivity index (χ1v) is 4.23. The Morgan fingerprint density at radius 3 is 2.73 bits per heavy atom. The molecule has 0 saturated heterocycles. The zero-order valence-electron chi connectivity index (χ0n) is 8.01. The van der Waals surface area contributed by atoms with Gasteiger partial charge in [0, 0.05) is 25.7 Å². The summed E-state index contributed by atoms with van der Waals surface area (Å²) in [6.07, 6.45) is -4.42. The molecule has 0 spiro atoms. The maximum Gasteiger partial charge on any atom is 0.389 e. The van der Waals surface area contributed by atoms with Crippen molar-refractivity contribution in [2.24, 2.45) is 7.05 Å². The van der Waals surface area contributed by atoms with Gasteiger partial charge in [0.1, 0.15) is 0 Å². The van der Waals surface area contributed by atoms with Crippen LogP contribution in [-0.2, 0) is 11.8 Å². The van der Waals surface area contributed by atoms with Crippen molar-refractivity contribution in [3.05, 3.63) is 12.3 Å². The molecule has 0 aliphatic carbocycles. The van der Waals surface area contributed by atoms with Crippen LogP contribution in [0, 0.1) is 0 Å². The topological polar surface area (TPSA) is 46.9 Å². The lowest BCUT2D eigenvalue weighted by atomic mass is 10.3. The summed E-state index contributed by atoms with van der Waals surface area (Å²) < 4.78 is 36.7. The summed E-state index contributed by atoms with van der Waals surface area (Å²) in [6, 6.07) is 1.51. The molecule has 0 aromatic carbocycles. The number of halogens is 3. The van der Waals surface area contributed by atoms with Gasteiger partial charge < -0.3 is 5.32 Å². The van der Waals surface area contributed by atoms with E-state index in [-0.39, 0.29) is 5.82 Å². The SMILES string of the molecule is Cn1ccc(NC(=O)CCC(F)(F)F)n1. The van der Waals surface area contributed by atoms with E-state index in [1.165, 1.54) is 10.7 Å². The van der Waals surface area contributed by atoms with Gasteiger partial charge in [-0.15, -0.1) is 0 Å². The summed E-state index contributed by atoms with van der Waals surface area (Å²) in [5, 5.41) is 6.06. The van der Waals surface area contributed by atoms with Crippen molar-refractivity contribution in [2.75, 3.05) is 5.32 Å². The fraction of sp³-hybridized carbons (Fsp3) is 0.500. The van der Waals surface area contributed by atoms with Crippen molar-refractivity contribution in [1.82, 2.24) is 9.78 Å². The predicted octanol–water partition coefficient (Wildman–Crippen LogP) is 1.70. The zero-order valence-corrected chi connectivity index (χ0v) is 8.01. The van der Waals surface area contributed by atoms with E-state index in [1.807, 2.05) is 0 Å². The van der Waals surface area contributed by atoms with Crippen LogP contribution in [0.1, 0.15) is 12.8 Å². The molecule has 0 radical (unpaired) electrons. The van der Waals surface area contributed by atoms with Gasteiger partial charge in [-0.3, -0.25) is 9.48 Å². The Morgan fingerprint density at radius 2 is 2.27 bits per heavy atom. The summed E-state index contributed by atoms with van der Waals surface area (Å²) in [5.41, 5.74) is 0. The second kappa shape index (κ2) is 4.33. The summed E-state index contributed by atoms with van der Waals surface area (Å²) in [7, 11) is 1.64. The Labute approximate surface area is 84.1 Å². The molecule has 1 amide bonds. The van der Waals surface area contributed by atoms with Crippen LogP contribution in [0.15, 0.2) is 12.3 Å². The quantitative estimate of drug-likeness (QED) is 0.844. The van der Waals surface area contributed by atoms with Crippen molar-refractivity contribution in [2.45, 2.75) is 19.0 Å². The number of rotatable bonds is 3. The van der Waals surface area contributed by atoms with Gasteiger partial charge in [0.15, 0.2) is 5.82 Å². The van der Waals surface area contributed by atoms with Crippen molar-refractivity contribution in [1.29, 1.82) is 0 Å². The van der Waals surface area contributed by atoms with Crippen molar-refractivity contribution in [3.63, 3.8) is 0 Å². The number of amides is 1. The van der Waals surface area contributed by atoms with E-state index in [9.17, 15) is 18.0 Å². The van der Waals surface area contributed by atoms with Gasteiger partial charge in [-0.1, -0.05) is 0 Å². The molecule has 0 saturated carbocycles. The van der Waals surface area contributed by atoms with Gasteiger partial charge in [0.2, 0.25) is 5.91 Å². The molecular formula is C8H10F3N3O. The van der Waals surface area contributed by atoms with Gasteiger partial charge in [-0.2, -0.15) is 18.3 Å². The Bertz CT molecular complexity index is 345. The lowest BCUT2D eigenvalue weighted by Gasteiger charge is -2.05. The number of anilines is 1. The van der Waals surface area contributed by atoms with Crippen LogP contribution >= 0.6 is 0 Å². The van der Waals surface area contributed by atoms with Crippen LogP contribution in [0.4, 0.5) is 19.0 Å². The summed E-state index contributed by atoms with van der Waals surface area (Å²) in [5.74, 6) is -0.435. The van der Waals surface area contributed by atoms with E-state index in [0.717, 1.165) is 0 Å². The first kappa shape index (κ1) is 11.5. The number of carbonyl (C=O) groups excluding carboxylic acids is 1. The average Bonchev–Trinajstić information content (AvgIpc) is 2.47. The van der Waals surface area contributed by atoms with Gasteiger partial charge >= 0.3 is 6.18 Å². The minimum absolute atomic E-state index is 0.254. The fourth-order valence-electron chi connectivity index (χ4n) is 0.942. The average molecular weight is 221 g/mol. The Hall–Kier alpha value is -1.53. The maximum absolute atomic E-state index is 11.8. The lowest BCUT2D eigenvalue weighted by molar-refractivity contribution is -0.142. The Kier molecular flexibility index (Phi) is 3.33. The predicted molar refractivity (Wildman–Crippen MR) is 47.1 cm³/mol. The van der Waals surface area contributed by atoms with E-state index in [0.29, 0.717) is 0 Å². The van der Waals surface area contributed by atoms with Crippen LogP contribution < -0.4 is 5.32 Å². The minimum atomic E-state index is -4.30. The highest BCUT2D eigenvalue weighted by atomic mass is 19.4. The van der Waals surface area contributed by atoms with Crippen LogP contribution in [0.2, 0.25) is 0 Å². The molecule has 1 aromatic rings. The second-order valence-corrected chi connectivity index (χ2v) is 3.04. The molecule has 0 aliphatic heterocycles. The molecule has 7 heteroatoms. The Morgan fingerprint density at radius 1 is 1.60 bits per heavy atom. The fourth-order valence-corrected chi connectivity index (χ4v) is 0.942. The number of aromatic nitrogens is 2. The zero-order chi connectivity index (χ0) is 11.5. The van der Waals surface area contributed by atoms with E-state index < -0.39 is 24.9 Å². The molecule has 84 valence electrons. The highest BCUT2D eigenvalue weighted by Crippen LogP contribution is 2.21. The highest BCUT2D eigenvalue weighted by Gasteiger charge is 2.27. The van der Waals surface area contributed by atoms with Crippen LogP contribution in [-0.4, -0.2) is 21.9 Å². The minimum Gasteiger partial charge on any atom is -0.309 e. The molecule has 1 heterocycles. The molecular weight excluding hydrogens is 211 g/mol. The van der Waals surface area contributed by atoms with E-state index in [1.54, 1.807) is 13.2 Å². The molecule has 0 bridgehead atoms. The number of carbonyl (C=O) groups is 1. The normalized spacial score (nSPS) is 11.5. The molecule has 0 fully saturated rings. The summed E-state index contributed by atoms with van der Waals surface area (Å²) in [4.78, 5) is 11.0. The lowest BCUT2D eigenvalue weighted by Crippen LogP contribution is -2.16. The molecule has 0 aliphatic rings. The van der Waals surface area contributed by atoms with Crippen molar-refractivity contribution < 1.29 is 18.0 Å². The first-order chi connectivity index (χ1) is 6.87. The van der Waals surface area contributed by atoms with Crippen LogP contribution in [0.25, 0.3) is 0 Å². The maximum atomic E-state index is 11.8. The number of nitrogens with zero attached hydrogens (tertiary/aromatic N) is 2. The van der Waals surface area contributed by atoms with Crippen LogP contribution in [0.5, 0.6) is 0 Å². The van der Waals surface area contributed by atoms with Gasteiger partial charge in [-0.25, -0.2) is 0 Å². The first-order valence-electron chi connectivity index (χ1n) is 4.23. The van der Waals surface area contributed by atoms with Crippen molar-refractivity contribution in [3.8, 4) is 0 Å². The summed E-state index contributed by atoms with van der Waals surface area (Å²) in [6.45, 7) is 0. The smallest absolute Gasteiger partial charge is 0.309 e.